The predicted octanol–water partition coefficient (Wildman–Crippen LogP) is 2.32. The van der Waals surface area contributed by atoms with Crippen molar-refractivity contribution in [3.8, 4) is 0 Å². The van der Waals surface area contributed by atoms with E-state index in [0.29, 0.717) is 18.6 Å². The lowest BCUT2D eigenvalue weighted by Gasteiger charge is -2.01. The molecule has 0 bridgehead atoms. The zero-order chi connectivity index (χ0) is 8.72. The molecule has 0 aromatic heterocycles. The fourth-order valence-corrected chi connectivity index (χ4v) is 1.79. The van der Waals surface area contributed by atoms with Gasteiger partial charge in [-0.2, -0.15) is 0 Å². The second-order valence-electron chi connectivity index (χ2n) is 3.26. The molecule has 0 amide bonds. The third-order valence-electron chi connectivity index (χ3n) is 2.26. The van der Waals surface area contributed by atoms with E-state index in [2.05, 4.69) is 0 Å². The summed E-state index contributed by atoms with van der Waals surface area (Å²) in [5.41, 5.74) is 3.32. The van der Waals surface area contributed by atoms with Crippen LogP contribution in [0.5, 0.6) is 0 Å². The summed E-state index contributed by atoms with van der Waals surface area (Å²) in [7, 11) is 0. The van der Waals surface area contributed by atoms with Gasteiger partial charge in [-0.25, -0.2) is 0 Å². The maximum atomic E-state index is 11.1. The van der Waals surface area contributed by atoms with Gasteiger partial charge in [-0.05, 0) is 29.7 Å². The molecule has 0 aliphatic heterocycles. The second-order valence-corrected chi connectivity index (χ2v) is 3.67. The molecular formula is C10H9ClO. The van der Waals surface area contributed by atoms with Gasteiger partial charge in [0.2, 0.25) is 0 Å². The first-order chi connectivity index (χ1) is 5.66. The van der Waals surface area contributed by atoms with Crippen LogP contribution in [-0.4, -0.2) is 5.78 Å². The van der Waals surface area contributed by atoms with Gasteiger partial charge in [-0.15, -0.1) is 0 Å². The summed E-state index contributed by atoms with van der Waals surface area (Å²) in [6.45, 7) is 1.96. The Morgan fingerprint density at radius 3 is 2.50 bits per heavy atom. The van der Waals surface area contributed by atoms with Crippen LogP contribution in [0.1, 0.15) is 16.7 Å². The lowest BCUT2D eigenvalue weighted by atomic mass is 10.1. The van der Waals surface area contributed by atoms with Crippen molar-refractivity contribution in [1.82, 2.24) is 0 Å². The molecule has 0 saturated carbocycles. The van der Waals surface area contributed by atoms with E-state index in [1.165, 1.54) is 0 Å². The van der Waals surface area contributed by atoms with Crippen LogP contribution in [0, 0.1) is 6.92 Å². The topological polar surface area (TPSA) is 17.1 Å². The van der Waals surface area contributed by atoms with Gasteiger partial charge in [0.25, 0.3) is 0 Å². The number of ketones is 1. The van der Waals surface area contributed by atoms with Crippen LogP contribution in [0.2, 0.25) is 5.02 Å². The smallest absolute Gasteiger partial charge is 0.141 e. The quantitative estimate of drug-likeness (QED) is 0.599. The molecular weight excluding hydrogens is 172 g/mol. The number of carbonyl (C=O) groups is 1. The summed E-state index contributed by atoms with van der Waals surface area (Å²) in [5.74, 6) is 0.298. The first-order valence-corrected chi connectivity index (χ1v) is 4.34. The Hall–Kier alpha value is -0.820. The summed E-state index contributed by atoms with van der Waals surface area (Å²) in [5, 5.41) is 0.767. The van der Waals surface area contributed by atoms with Crippen molar-refractivity contribution in [2.24, 2.45) is 0 Å². The molecule has 2 heteroatoms. The average Bonchev–Trinajstić information content (AvgIpc) is 2.30. The minimum Gasteiger partial charge on any atom is -0.299 e. The van der Waals surface area contributed by atoms with Crippen LogP contribution in [0.15, 0.2) is 12.1 Å². The van der Waals surface area contributed by atoms with Gasteiger partial charge >= 0.3 is 0 Å². The third-order valence-corrected chi connectivity index (χ3v) is 2.66. The predicted molar refractivity (Wildman–Crippen MR) is 48.6 cm³/mol. The monoisotopic (exact) mass is 180 g/mol. The van der Waals surface area contributed by atoms with Crippen molar-refractivity contribution in [1.29, 1.82) is 0 Å². The molecule has 0 N–H and O–H groups in total. The molecule has 0 radical (unpaired) electrons. The molecule has 1 aliphatic carbocycles. The Kier molecular flexibility index (Phi) is 1.69. The van der Waals surface area contributed by atoms with Gasteiger partial charge in [0.15, 0.2) is 0 Å². The van der Waals surface area contributed by atoms with E-state index in [-0.39, 0.29) is 0 Å². The summed E-state index contributed by atoms with van der Waals surface area (Å²) in [4.78, 5) is 11.1. The number of hydrogen-bond acceptors (Lipinski definition) is 1. The summed E-state index contributed by atoms with van der Waals surface area (Å²) >= 11 is 5.93. The zero-order valence-corrected chi connectivity index (χ0v) is 7.61. The van der Waals surface area contributed by atoms with Gasteiger partial charge in [-0.3, -0.25) is 4.79 Å². The molecule has 62 valence electrons. The largest absolute Gasteiger partial charge is 0.299 e. The molecule has 1 aliphatic rings. The second kappa shape index (κ2) is 2.60. The zero-order valence-electron chi connectivity index (χ0n) is 6.86. The van der Waals surface area contributed by atoms with Gasteiger partial charge < -0.3 is 0 Å². The Bertz CT molecular complexity index is 322. The van der Waals surface area contributed by atoms with Crippen molar-refractivity contribution in [3.05, 3.63) is 33.8 Å². The van der Waals surface area contributed by atoms with Crippen molar-refractivity contribution in [2.45, 2.75) is 19.8 Å². The minimum atomic E-state index is 0.298. The Morgan fingerprint density at radius 1 is 1.25 bits per heavy atom. The lowest BCUT2D eigenvalue weighted by Crippen LogP contribution is -1.92. The van der Waals surface area contributed by atoms with Crippen molar-refractivity contribution < 1.29 is 4.79 Å². The first kappa shape index (κ1) is 7.81. The molecule has 0 fully saturated rings. The number of hydrogen-bond donors (Lipinski definition) is 0. The van der Waals surface area contributed by atoms with E-state index in [1.54, 1.807) is 0 Å². The molecule has 1 nitrogen and oxygen atoms in total. The van der Waals surface area contributed by atoms with Crippen LogP contribution in [0.4, 0.5) is 0 Å². The normalized spacial score (nSPS) is 15.0. The van der Waals surface area contributed by atoms with Crippen LogP contribution < -0.4 is 0 Å². The summed E-state index contributed by atoms with van der Waals surface area (Å²) < 4.78 is 0. The Labute approximate surface area is 76.4 Å². The maximum Gasteiger partial charge on any atom is 0.141 e. The molecule has 0 atom stereocenters. The Morgan fingerprint density at radius 2 is 1.83 bits per heavy atom. The van der Waals surface area contributed by atoms with Crippen LogP contribution in [0.25, 0.3) is 0 Å². The molecule has 0 spiro atoms. The number of carbonyl (C=O) groups excluding carboxylic acids is 1. The highest BCUT2D eigenvalue weighted by atomic mass is 35.5. The van der Waals surface area contributed by atoms with Crippen molar-refractivity contribution >= 4 is 17.4 Å². The molecule has 0 saturated heterocycles. The SMILES string of the molecule is Cc1cc2c(cc1Cl)CC(=O)C2. The van der Waals surface area contributed by atoms with Crippen LogP contribution in [0.3, 0.4) is 0 Å². The van der Waals surface area contributed by atoms with E-state index in [9.17, 15) is 4.79 Å². The highest BCUT2D eigenvalue weighted by Crippen LogP contribution is 2.26. The fourth-order valence-electron chi connectivity index (χ4n) is 1.60. The fraction of sp³-hybridized carbons (Fsp3) is 0.300. The van der Waals surface area contributed by atoms with Gasteiger partial charge in [0.1, 0.15) is 5.78 Å². The highest BCUT2D eigenvalue weighted by Gasteiger charge is 2.18. The van der Waals surface area contributed by atoms with E-state index in [1.807, 2.05) is 19.1 Å². The number of aryl methyl sites for hydroxylation is 1. The molecule has 1 aromatic rings. The summed E-state index contributed by atoms with van der Waals surface area (Å²) in [6, 6.07) is 3.93. The lowest BCUT2D eigenvalue weighted by molar-refractivity contribution is -0.117. The van der Waals surface area contributed by atoms with Crippen molar-refractivity contribution in [2.75, 3.05) is 0 Å². The average molecular weight is 181 g/mol. The van der Waals surface area contributed by atoms with Crippen molar-refractivity contribution in [3.63, 3.8) is 0 Å². The molecule has 1 aromatic carbocycles. The Balaban J connectivity index is 2.55. The number of rotatable bonds is 0. The maximum absolute atomic E-state index is 11.1. The molecule has 2 rings (SSSR count). The molecule has 0 heterocycles. The van der Waals surface area contributed by atoms with E-state index in [4.69, 9.17) is 11.6 Å². The van der Waals surface area contributed by atoms with Crippen LogP contribution >= 0.6 is 11.6 Å². The minimum absolute atomic E-state index is 0.298. The van der Waals surface area contributed by atoms with E-state index >= 15 is 0 Å². The van der Waals surface area contributed by atoms with Gasteiger partial charge in [-0.1, -0.05) is 17.7 Å². The van der Waals surface area contributed by atoms with Gasteiger partial charge in [0, 0.05) is 17.9 Å². The number of Topliss-reactive ketones (excluding diaryl/α,β-unsaturated/α-hetero) is 1. The number of fused-ring (bicyclic) bond motifs is 1. The molecule has 0 unspecified atom stereocenters. The summed E-state index contributed by atoms with van der Waals surface area (Å²) in [6.07, 6.45) is 1.16. The highest BCUT2D eigenvalue weighted by molar-refractivity contribution is 6.31. The van der Waals surface area contributed by atoms with E-state index in [0.717, 1.165) is 21.7 Å². The first-order valence-electron chi connectivity index (χ1n) is 3.96. The number of benzene rings is 1. The van der Waals surface area contributed by atoms with Gasteiger partial charge in [0.05, 0.1) is 0 Å². The van der Waals surface area contributed by atoms with E-state index < -0.39 is 0 Å². The number of halogens is 1. The standard InChI is InChI=1S/C10H9ClO/c1-6-2-7-3-9(12)4-8(7)5-10(6)11/h2,5H,3-4H2,1H3. The van der Waals surface area contributed by atoms with Crippen LogP contribution in [-0.2, 0) is 17.6 Å². The third kappa shape index (κ3) is 1.14. The molecule has 12 heavy (non-hydrogen) atoms.